The smallest absolute Gasteiger partial charge is 0.374 e. The van der Waals surface area contributed by atoms with Crippen LogP contribution in [-0.4, -0.2) is 52.5 Å². The van der Waals surface area contributed by atoms with E-state index in [1.807, 2.05) is 54.5 Å². The van der Waals surface area contributed by atoms with Crippen LogP contribution in [0.3, 0.4) is 0 Å². The summed E-state index contributed by atoms with van der Waals surface area (Å²) in [5.74, 6) is -3.30. The van der Waals surface area contributed by atoms with Crippen molar-refractivity contribution in [1.29, 1.82) is 0 Å². The summed E-state index contributed by atoms with van der Waals surface area (Å²) in [6, 6.07) is 22.2. The number of amides is 1. The van der Waals surface area contributed by atoms with E-state index in [-0.39, 0.29) is 31.2 Å². The minimum atomic E-state index is -1.26. The van der Waals surface area contributed by atoms with Crippen molar-refractivity contribution in [3.8, 4) is 11.1 Å². The first-order chi connectivity index (χ1) is 24.4. The zero-order chi connectivity index (χ0) is 37.0. The number of hydrogen-bond acceptors (Lipinski definition) is 9. The van der Waals surface area contributed by atoms with Crippen LogP contribution in [-0.2, 0) is 27.3 Å². The Bertz CT molecular complexity index is 2040. The average molecular weight is 724 g/mol. The number of benzene rings is 3. The van der Waals surface area contributed by atoms with Crippen LogP contribution in [0.1, 0.15) is 52.5 Å². The zero-order valence-electron chi connectivity index (χ0n) is 27.6. The van der Waals surface area contributed by atoms with E-state index in [0.717, 1.165) is 23.3 Å². The van der Waals surface area contributed by atoms with E-state index < -0.39 is 46.2 Å². The topological polar surface area (TPSA) is 194 Å². The van der Waals surface area contributed by atoms with Gasteiger partial charge in [0.05, 0.1) is 24.2 Å². The maximum atomic E-state index is 14.4. The van der Waals surface area contributed by atoms with Gasteiger partial charge in [0, 0.05) is 23.2 Å². The van der Waals surface area contributed by atoms with Crippen LogP contribution in [0, 0.1) is 11.2 Å². The first kappa shape index (κ1) is 38.1. The van der Waals surface area contributed by atoms with Crippen LogP contribution in [0.5, 0.6) is 0 Å². The van der Waals surface area contributed by atoms with Gasteiger partial charge >= 0.3 is 11.9 Å². The van der Waals surface area contributed by atoms with Gasteiger partial charge in [-0.15, -0.1) is 0 Å². The van der Waals surface area contributed by atoms with Gasteiger partial charge in [-0.25, -0.2) is 9.18 Å². The third-order valence-corrected chi connectivity index (χ3v) is 7.76. The second-order valence-electron chi connectivity index (χ2n) is 11.6. The van der Waals surface area contributed by atoms with E-state index >= 15 is 0 Å². The number of ether oxygens (including phenoxy) is 2. The Balaban J connectivity index is 0.000000563. The summed E-state index contributed by atoms with van der Waals surface area (Å²) >= 11 is 6.06. The Morgan fingerprint density at radius 2 is 1.57 bits per heavy atom. The maximum absolute atomic E-state index is 14.4. The molecule has 2 aromatic heterocycles. The van der Waals surface area contributed by atoms with E-state index in [1.165, 1.54) is 12.1 Å². The van der Waals surface area contributed by atoms with Gasteiger partial charge < -0.3 is 28.9 Å². The third kappa shape index (κ3) is 11.1. The lowest BCUT2D eigenvalue weighted by Gasteiger charge is -2.31. The molecule has 2 heterocycles. The summed E-state index contributed by atoms with van der Waals surface area (Å²) < 4.78 is 34.9. The van der Waals surface area contributed by atoms with Gasteiger partial charge in [-0.05, 0) is 61.6 Å². The van der Waals surface area contributed by atoms with Crippen LogP contribution in [0.15, 0.2) is 104 Å². The quantitative estimate of drug-likeness (QED) is 0.105. The lowest BCUT2D eigenvalue weighted by Crippen LogP contribution is -2.45. The highest BCUT2D eigenvalue weighted by molar-refractivity contribution is 6.30. The average Bonchev–Trinajstić information content (AvgIpc) is 3.76. The van der Waals surface area contributed by atoms with Gasteiger partial charge in [-0.1, -0.05) is 66.2 Å². The molecule has 0 fully saturated rings. The van der Waals surface area contributed by atoms with Crippen molar-refractivity contribution in [1.82, 2.24) is 15.6 Å². The predicted octanol–water partition coefficient (Wildman–Crippen LogP) is 5.61. The molecule has 5 rings (SSSR count). The highest BCUT2D eigenvalue weighted by Gasteiger charge is 2.38. The fourth-order valence-electron chi connectivity index (χ4n) is 5.01. The number of hydrogen-bond donors (Lipinski definition) is 4. The van der Waals surface area contributed by atoms with Crippen molar-refractivity contribution in [3.05, 3.63) is 139 Å². The number of H-pyrrole nitrogens is 2. The third-order valence-electron chi connectivity index (χ3n) is 7.52. The minimum Gasteiger partial charge on any atom is -0.475 e. The summed E-state index contributed by atoms with van der Waals surface area (Å²) in [4.78, 5) is 58.1. The van der Waals surface area contributed by atoms with E-state index in [0.29, 0.717) is 29.2 Å². The molecule has 0 spiro atoms. The Hall–Kier alpha value is -5.73. The molecule has 0 aliphatic heterocycles. The molecule has 0 aliphatic carbocycles. The fourth-order valence-corrected chi connectivity index (χ4v) is 5.18. The van der Waals surface area contributed by atoms with Crippen LogP contribution < -0.4 is 16.4 Å². The molecule has 0 unspecified atom stereocenters. The molecule has 15 heteroatoms. The van der Waals surface area contributed by atoms with Crippen LogP contribution in [0.2, 0.25) is 5.02 Å². The first-order valence-corrected chi connectivity index (χ1v) is 16.0. The molecule has 51 heavy (non-hydrogen) atoms. The lowest BCUT2D eigenvalue weighted by molar-refractivity contribution is -0.161. The molecule has 13 nitrogen and oxygen atoms in total. The molecule has 0 radical (unpaired) electrons. The van der Waals surface area contributed by atoms with E-state index in [1.54, 1.807) is 25.1 Å². The van der Waals surface area contributed by atoms with Gasteiger partial charge in [-0.2, -0.15) is 10.3 Å². The van der Waals surface area contributed by atoms with Gasteiger partial charge in [0.1, 0.15) is 12.4 Å². The lowest BCUT2D eigenvalue weighted by atomic mass is 9.82. The second kappa shape index (κ2) is 17.8. The monoisotopic (exact) mass is 723 g/mol. The number of halogens is 2. The largest absolute Gasteiger partial charge is 0.475 e. The number of carboxylic acid groups (broad SMARTS) is 1. The van der Waals surface area contributed by atoms with Crippen molar-refractivity contribution in [3.63, 3.8) is 0 Å². The van der Waals surface area contributed by atoms with Crippen molar-refractivity contribution in [2.45, 2.75) is 39.3 Å². The van der Waals surface area contributed by atoms with E-state index in [4.69, 9.17) is 30.7 Å². The van der Waals surface area contributed by atoms with Gasteiger partial charge in [-0.3, -0.25) is 19.2 Å². The molecule has 4 N–H and O–H groups in total. The SMILES string of the molecule is CCOC[C@](C)(C[C@@H](Cc1ccc(-c2cc(Cl)ccc2F)cc1)NC(=O)c1cc(=O)[nH]o1)C(=O)OCc1ccccc1.O=C(O)c1cc(=O)[nH]o1. The summed E-state index contributed by atoms with van der Waals surface area (Å²) in [5, 5.41) is 15.4. The molecular formula is C36H35ClFN3O10. The molecule has 268 valence electrons. The molecule has 1 amide bonds. The molecule has 0 bridgehead atoms. The Morgan fingerprint density at radius 1 is 0.922 bits per heavy atom. The van der Waals surface area contributed by atoms with E-state index in [9.17, 15) is 28.4 Å². The van der Waals surface area contributed by atoms with Gasteiger partial charge in [0.15, 0.2) is 0 Å². The van der Waals surface area contributed by atoms with Crippen LogP contribution >= 0.6 is 11.6 Å². The van der Waals surface area contributed by atoms with Crippen molar-refractivity contribution in [2.75, 3.05) is 13.2 Å². The van der Waals surface area contributed by atoms with Crippen molar-refractivity contribution >= 4 is 29.4 Å². The standard InChI is InChI=1S/C32H32ClFN2O6.C4H3NO4/c1-3-40-20-32(2,31(39)41-19-22-7-5-4-6-8-22)18-25(35-30(38)28-17-29(37)36-42-28)15-21-9-11-23(12-10-21)26-16-24(33)13-14-27(26)34;6-3-1-2(4(7)8)9-5-3/h4-14,16-17,25H,3,15,18-20H2,1-2H3,(H,35,38)(H,36,37);1H,(H,5,6)(H,7,8)/t25-,32+;/m1./s1. The normalized spacial score (nSPS) is 12.5. The second-order valence-corrected chi connectivity index (χ2v) is 12.1. The Morgan fingerprint density at radius 3 is 2.14 bits per heavy atom. The fraction of sp³-hybridized carbons (Fsp3) is 0.250. The number of aromatic carboxylic acids is 1. The minimum absolute atomic E-state index is 0.0652. The number of carbonyl (C=O) groups is 3. The van der Waals surface area contributed by atoms with Crippen molar-refractivity contribution in [2.24, 2.45) is 5.41 Å². The maximum Gasteiger partial charge on any atom is 0.374 e. The molecule has 2 atom stereocenters. The molecule has 0 saturated heterocycles. The molecule has 5 aromatic rings. The number of rotatable bonds is 14. The molecule has 3 aromatic carbocycles. The Labute approximate surface area is 295 Å². The molecule has 0 aliphatic rings. The number of esters is 1. The number of aromatic amines is 2. The number of carbonyl (C=O) groups excluding carboxylic acids is 2. The van der Waals surface area contributed by atoms with Gasteiger partial charge in [0.25, 0.3) is 17.0 Å². The van der Waals surface area contributed by atoms with Crippen molar-refractivity contribution < 1.29 is 42.4 Å². The van der Waals surface area contributed by atoms with Crippen LogP contribution in [0.25, 0.3) is 11.1 Å². The summed E-state index contributed by atoms with van der Waals surface area (Å²) in [6.07, 6.45) is 0.470. The highest BCUT2D eigenvalue weighted by Crippen LogP contribution is 2.30. The summed E-state index contributed by atoms with van der Waals surface area (Å²) in [5.41, 5.74) is 0.446. The highest BCUT2D eigenvalue weighted by atomic mass is 35.5. The van der Waals surface area contributed by atoms with Crippen LogP contribution in [0.4, 0.5) is 4.39 Å². The number of aromatic nitrogens is 2. The Kier molecular flexibility index (Phi) is 13.3. The van der Waals surface area contributed by atoms with E-state index in [2.05, 4.69) is 15.0 Å². The van der Waals surface area contributed by atoms with Gasteiger partial charge in [0.2, 0.25) is 11.5 Å². The summed E-state index contributed by atoms with van der Waals surface area (Å²) in [6.45, 7) is 4.10. The predicted molar refractivity (Wildman–Crippen MR) is 183 cm³/mol. The first-order valence-electron chi connectivity index (χ1n) is 15.6. The number of nitrogens with one attached hydrogen (secondary N) is 3. The summed E-state index contributed by atoms with van der Waals surface area (Å²) in [7, 11) is 0. The molecular weight excluding hydrogens is 689 g/mol. The molecule has 0 saturated carbocycles. The zero-order valence-corrected chi connectivity index (χ0v) is 28.3. The number of carboxylic acids is 1.